The normalized spacial score (nSPS) is 18.6. The second-order valence-electron chi connectivity index (χ2n) is 6.99. The van der Waals surface area contributed by atoms with Crippen molar-refractivity contribution < 1.29 is 14.6 Å². The van der Waals surface area contributed by atoms with Crippen LogP contribution in [0.3, 0.4) is 0 Å². The van der Waals surface area contributed by atoms with Gasteiger partial charge in [0, 0.05) is 43.9 Å². The molecule has 0 N–H and O–H groups in total. The van der Waals surface area contributed by atoms with E-state index in [9.17, 15) is 25.0 Å². The summed E-state index contributed by atoms with van der Waals surface area (Å²) < 4.78 is 0. The molecule has 1 aromatic heterocycles. The number of hydrogen-bond acceptors (Lipinski definition) is 7. The summed E-state index contributed by atoms with van der Waals surface area (Å²) in [4.78, 5) is 42.4. The molecule has 11 heteroatoms. The SMILES string of the molecule is O=C1CC(c2ccccc2[N+](=O)[O-])C([N+](=O)[O-])=C2N(Cc3ccc(Cl)nc3)CCN12. The molecule has 1 saturated heterocycles. The molecule has 154 valence electrons. The number of nitro benzene ring substituents is 1. The first-order valence-electron chi connectivity index (χ1n) is 9.14. The Hall–Kier alpha value is -3.53. The molecule has 2 aromatic rings. The number of nitrogens with zero attached hydrogens (tertiary/aromatic N) is 5. The molecule has 10 nitrogen and oxygen atoms in total. The van der Waals surface area contributed by atoms with Crippen molar-refractivity contribution in [2.24, 2.45) is 0 Å². The molecule has 3 heterocycles. The quantitative estimate of drug-likeness (QED) is 0.406. The highest BCUT2D eigenvalue weighted by atomic mass is 35.5. The van der Waals surface area contributed by atoms with Gasteiger partial charge in [-0.1, -0.05) is 35.9 Å². The monoisotopic (exact) mass is 429 g/mol. The minimum absolute atomic E-state index is 0.162. The van der Waals surface area contributed by atoms with E-state index in [4.69, 9.17) is 11.6 Å². The maximum absolute atomic E-state index is 12.8. The van der Waals surface area contributed by atoms with Crippen LogP contribution in [-0.2, 0) is 11.3 Å². The molecule has 0 aliphatic carbocycles. The molecule has 0 radical (unpaired) electrons. The molecular weight excluding hydrogens is 414 g/mol. The zero-order chi connectivity index (χ0) is 21.4. The lowest BCUT2D eigenvalue weighted by Crippen LogP contribution is -2.38. The van der Waals surface area contributed by atoms with E-state index < -0.39 is 15.8 Å². The predicted molar refractivity (Wildman–Crippen MR) is 106 cm³/mol. The highest BCUT2D eigenvalue weighted by Gasteiger charge is 2.48. The van der Waals surface area contributed by atoms with Crippen LogP contribution < -0.4 is 0 Å². The summed E-state index contributed by atoms with van der Waals surface area (Å²) in [5.41, 5.74) is 0.491. The van der Waals surface area contributed by atoms with Crippen molar-refractivity contribution in [3.05, 3.63) is 90.6 Å². The fourth-order valence-corrected chi connectivity index (χ4v) is 4.08. The first-order valence-corrected chi connectivity index (χ1v) is 9.52. The van der Waals surface area contributed by atoms with Crippen LogP contribution in [-0.4, -0.2) is 43.6 Å². The standard InChI is InChI=1S/C19H16ClN5O5/c20-16-6-5-12(10-21-16)11-22-7-8-23-17(26)9-14(18(19(22)23)25(29)30)13-3-1-2-4-15(13)24(27)28/h1-6,10,14H,7-9,11H2. The van der Waals surface area contributed by atoms with E-state index in [0.717, 1.165) is 5.56 Å². The van der Waals surface area contributed by atoms with Gasteiger partial charge < -0.3 is 4.90 Å². The van der Waals surface area contributed by atoms with Crippen LogP contribution in [0, 0.1) is 20.2 Å². The Morgan fingerprint density at radius 3 is 2.53 bits per heavy atom. The molecule has 1 unspecified atom stereocenters. The molecule has 1 fully saturated rings. The van der Waals surface area contributed by atoms with Crippen molar-refractivity contribution in [3.8, 4) is 0 Å². The summed E-state index contributed by atoms with van der Waals surface area (Å²) >= 11 is 5.82. The second-order valence-corrected chi connectivity index (χ2v) is 7.38. The number of rotatable bonds is 5. The Bertz CT molecular complexity index is 1070. The van der Waals surface area contributed by atoms with Crippen LogP contribution in [0.4, 0.5) is 5.69 Å². The largest absolute Gasteiger partial charge is 0.346 e. The average Bonchev–Trinajstić information content (AvgIpc) is 3.13. The van der Waals surface area contributed by atoms with Crippen molar-refractivity contribution in [3.63, 3.8) is 0 Å². The van der Waals surface area contributed by atoms with E-state index in [0.29, 0.717) is 24.8 Å². The summed E-state index contributed by atoms with van der Waals surface area (Å²) in [7, 11) is 0. The first-order chi connectivity index (χ1) is 14.4. The van der Waals surface area contributed by atoms with Gasteiger partial charge in [-0.3, -0.25) is 29.9 Å². The Morgan fingerprint density at radius 1 is 1.10 bits per heavy atom. The smallest absolute Gasteiger partial charge is 0.294 e. The topological polar surface area (TPSA) is 123 Å². The van der Waals surface area contributed by atoms with E-state index in [-0.39, 0.29) is 35.1 Å². The maximum Gasteiger partial charge on any atom is 0.294 e. The number of carbonyl (C=O) groups excluding carboxylic acids is 1. The molecule has 1 aromatic carbocycles. The number of amides is 1. The van der Waals surface area contributed by atoms with Gasteiger partial charge in [-0.2, -0.15) is 0 Å². The number of benzene rings is 1. The third kappa shape index (κ3) is 3.45. The van der Waals surface area contributed by atoms with E-state index in [1.165, 1.54) is 23.1 Å². The lowest BCUT2D eigenvalue weighted by atomic mass is 9.88. The fraction of sp³-hybridized carbons (Fsp3) is 0.263. The summed E-state index contributed by atoms with van der Waals surface area (Å²) in [6.07, 6.45) is 1.38. The number of para-hydroxylation sites is 1. The Labute approximate surface area is 175 Å². The Balaban J connectivity index is 1.81. The Morgan fingerprint density at radius 2 is 1.87 bits per heavy atom. The number of halogens is 1. The van der Waals surface area contributed by atoms with Gasteiger partial charge in [-0.15, -0.1) is 0 Å². The van der Waals surface area contributed by atoms with Gasteiger partial charge in [0.05, 0.1) is 15.8 Å². The van der Waals surface area contributed by atoms with Crippen molar-refractivity contribution in [2.75, 3.05) is 13.1 Å². The second kappa shape index (κ2) is 7.71. The number of aromatic nitrogens is 1. The highest BCUT2D eigenvalue weighted by molar-refractivity contribution is 6.29. The summed E-state index contributed by atoms with van der Waals surface area (Å²) in [6, 6.07) is 9.21. The highest BCUT2D eigenvalue weighted by Crippen LogP contribution is 2.42. The van der Waals surface area contributed by atoms with Gasteiger partial charge >= 0.3 is 0 Å². The van der Waals surface area contributed by atoms with Gasteiger partial charge in [-0.25, -0.2) is 4.98 Å². The zero-order valence-corrected chi connectivity index (χ0v) is 16.4. The lowest BCUT2D eigenvalue weighted by Gasteiger charge is -2.30. The van der Waals surface area contributed by atoms with Crippen LogP contribution in [0.15, 0.2) is 54.1 Å². The molecule has 0 saturated carbocycles. The number of pyridine rings is 1. The van der Waals surface area contributed by atoms with Gasteiger partial charge in [-0.05, 0) is 11.6 Å². The van der Waals surface area contributed by atoms with Crippen molar-refractivity contribution >= 4 is 23.2 Å². The summed E-state index contributed by atoms with van der Waals surface area (Å²) in [5.74, 6) is -1.12. The van der Waals surface area contributed by atoms with Crippen molar-refractivity contribution in [1.82, 2.24) is 14.8 Å². The molecule has 30 heavy (non-hydrogen) atoms. The molecule has 0 bridgehead atoms. The van der Waals surface area contributed by atoms with Crippen LogP contribution in [0.25, 0.3) is 0 Å². The van der Waals surface area contributed by atoms with Crippen LogP contribution in [0.1, 0.15) is 23.5 Å². The average molecular weight is 430 g/mol. The molecule has 1 amide bonds. The predicted octanol–water partition coefficient (Wildman–Crippen LogP) is 2.92. The molecule has 0 spiro atoms. The van der Waals surface area contributed by atoms with Gasteiger partial charge in [0.15, 0.2) is 5.82 Å². The van der Waals surface area contributed by atoms with Crippen molar-refractivity contribution in [1.29, 1.82) is 0 Å². The van der Waals surface area contributed by atoms with Crippen molar-refractivity contribution in [2.45, 2.75) is 18.9 Å². The number of fused-ring (bicyclic) bond motifs is 1. The first kappa shape index (κ1) is 19.8. The number of hydrogen-bond donors (Lipinski definition) is 0. The molecule has 2 aliphatic rings. The molecular formula is C19H16ClN5O5. The summed E-state index contributed by atoms with van der Waals surface area (Å²) in [5, 5.41) is 23.9. The molecule has 1 atom stereocenters. The fourth-order valence-electron chi connectivity index (χ4n) is 3.97. The lowest BCUT2D eigenvalue weighted by molar-refractivity contribution is -0.434. The maximum atomic E-state index is 12.8. The minimum Gasteiger partial charge on any atom is -0.346 e. The van der Waals surface area contributed by atoms with E-state index in [1.54, 1.807) is 29.3 Å². The number of allylic oxidation sites excluding steroid dienone is 1. The van der Waals surface area contributed by atoms with Gasteiger partial charge in [0.1, 0.15) is 5.15 Å². The number of carbonyl (C=O) groups is 1. The zero-order valence-electron chi connectivity index (χ0n) is 15.6. The Kier molecular flexibility index (Phi) is 5.08. The third-order valence-corrected chi connectivity index (χ3v) is 5.48. The van der Waals surface area contributed by atoms with Crippen LogP contribution >= 0.6 is 11.6 Å². The minimum atomic E-state index is -1.01. The molecule has 4 rings (SSSR count). The van der Waals surface area contributed by atoms with Crippen LogP contribution in [0.2, 0.25) is 5.15 Å². The van der Waals surface area contributed by atoms with E-state index in [1.807, 2.05) is 0 Å². The van der Waals surface area contributed by atoms with E-state index in [2.05, 4.69) is 4.98 Å². The molecule has 2 aliphatic heterocycles. The summed E-state index contributed by atoms with van der Waals surface area (Å²) in [6.45, 7) is 1.02. The van der Waals surface area contributed by atoms with Gasteiger partial charge in [0.2, 0.25) is 5.91 Å². The number of nitro groups is 2. The van der Waals surface area contributed by atoms with Gasteiger partial charge in [0.25, 0.3) is 11.4 Å². The van der Waals surface area contributed by atoms with E-state index >= 15 is 0 Å². The van der Waals surface area contributed by atoms with Crippen LogP contribution in [0.5, 0.6) is 0 Å². The third-order valence-electron chi connectivity index (χ3n) is 5.26.